The van der Waals surface area contributed by atoms with Gasteiger partial charge in [0.25, 0.3) is 5.91 Å². The molecule has 34 heavy (non-hydrogen) atoms. The van der Waals surface area contributed by atoms with Gasteiger partial charge in [0.05, 0.1) is 12.0 Å². The van der Waals surface area contributed by atoms with Gasteiger partial charge in [0.2, 0.25) is 11.6 Å². The zero-order valence-corrected chi connectivity index (χ0v) is 19.0. The number of ether oxygens (including phenoxy) is 1. The number of amides is 1. The van der Waals surface area contributed by atoms with Gasteiger partial charge in [-0.1, -0.05) is 11.6 Å². The van der Waals surface area contributed by atoms with Gasteiger partial charge >= 0.3 is 5.69 Å². The topological polar surface area (TPSA) is 126 Å². The minimum Gasteiger partial charge on any atom is -0.497 e. The number of nitrogens with one attached hydrogen (secondary N) is 2. The summed E-state index contributed by atoms with van der Waals surface area (Å²) in [5.41, 5.74) is 6.07. The molecule has 11 nitrogen and oxygen atoms in total. The molecule has 176 valence electrons. The SMILES string of the molecule is COc1ccc(N2CCN(c3ncnc(NNC(=O)c4ccc(Cl)cc4)c3[N+](=O)[O-])CC2)cc1. The molecule has 0 saturated carbocycles. The van der Waals surface area contributed by atoms with Crippen LogP contribution in [-0.2, 0) is 0 Å². The van der Waals surface area contributed by atoms with Crippen LogP contribution in [0, 0.1) is 10.1 Å². The van der Waals surface area contributed by atoms with Crippen LogP contribution >= 0.6 is 11.6 Å². The van der Waals surface area contributed by atoms with Crippen molar-refractivity contribution in [2.75, 3.05) is 48.5 Å². The molecule has 0 radical (unpaired) electrons. The number of benzene rings is 2. The first-order chi connectivity index (χ1) is 16.5. The highest BCUT2D eigenvalue weighted by atomic mass is 35.5. The smallest absolute Gasteiger partial charge is 0.355 e. The summed E-state index contributed by atoms with van der Waals surface area (Å²) >= 11 is 5.84. The van der Waals surface area contributed by atoms with Crippen molar-refractivity contribution in [3.63, 3.8) is 0 Å². The van der Waals surface area contributed by atoms with Crippen LogP contribution in [0.5, 0.6) is 5.75 Å². The second-order valence-corrected chi connectivity index (χ2v) is 7.85. The van der Waals surface area contributed by atoms with Crippen LogP contribution in [-0.4, -0.2) is 54.1 Å². The van der Waals surface area contributed by atoms with E-state index in [2.05, 4.69) is 25.7 Å². The maximum absolute atomic E-state index is 12.4. The summed E-state index contributed by atoms with van der Waals surface area (Å²) in [6, 6.07) is 14.0. The second kappa shape index (κ2) is 10.2. The van der Waals surface area contributed by atoms with Crippen molar-refractivity contribution in [3.05, 3.63) is 75.6 Å². The number of hydrogen-bond donors (Lipinski definition) is 2. The fourth-order valence-electron chi connectivity index (χ4n) is 3.62. The standard InChI is InChI=1S/C22H22ClN7O4/c1-34-18-8-6-17(7-9-18)28-10-12-29(13-11-28)21-19(30(32)33)20(24-14-25-21)26-27-22(31)15-2-4-16(23)5-3-15/h2-9,14H,10-13H2,1H3,(H,27,31)(H,24,25,26). The Bertz CT molecular complexity index is 1170. The largest absolute Gasteiger partial charge is 0.497 e. The van der Waals surface area contributed by atoms with Crippen LogP contribution in [0.15, 0.2) is 54.9 Å². The molecule has 3 aromatic rings. The molecule has 1 aliphatic heterocycles. The molecule has 2 N–H and O–H groups in total. The van der Waals surface area contributed by atoms with Gasteiger partial charge in [-0.15, -0.1) is 0 Å². The number of halogens is 1. The highest BCUT2D eigenvalue weighted by Gasteiger charge is 2.29. The third-order valence-electron chi connectivity index (χ3n) is 5.40. The second-order valence-electron chi connectivity index (χ2n) is 7.41. The lowest BCUT2D eigenvalue weighted by Crippen LogP contribution is -2.47. The summed E-state index contributed by atoms with van der Waals surface area (Å²) in [4.78, 5) is 35.9. The number of nitro groups is 1. The maximum atomic E-state index is 12.4. The Morgan fingerprint density at radius 1 is 1.03 bits per heavy atom. The van der Waals surface area contributed by atoms with Gasteiger partial charge in [-0.3, -0.25) is 25.8 Å². The number of carbonyl (C=O) groups is 1. The van der Waals surface area contributed by atoms with Gasteiger partial charge in [-0.05, 0) is 48.5 Å². The molecular formula is C22H22ClN7O4. The van der Waals surface area contributed by atoms with Crippen LogP contribution in [0.4, 0.5) is 23.0 Å². The quantitative estimate of drug-likeness (QED) is 0.385. The van der Waals surface area contributed by atoms with Gasteiger partial charge in [-0.25, -0.2) is 9.97 Å². The third-order valence-corrected chi connectivity index (χ3v) is 5.66. The lowest BCUT2D eigenvalue weighted by Gasteiger charge is -2.36. The average Bonchev–Trinajstić information content (AvgIpc) is 2.87. The fourth-order valence-corrected chi connectivity index (χ4v) is 3.75. The van der Waals surface area contributed by atoms with Crippen LogP contribution in [0.2, 0.25) is 5.02 Å². The van der Waals surface area contributed by atoms with E-state index in [1.165, 1.54) is 6.33 Å². The van der Waals surface area contributed by atoms with E-state index in [0.717, 1.165) is 11.4 Å². The van der Waals surface area contributed by atoms with E-state index < -0.39 is 10.8 Å². The Morgan fingerprint density at radius 3 is 2.29 bits per heavy atom. The Kier molecular flexibility index (Phi) is 6.93. The molecule has 12 heteroatoms. The van der Waals surface area contributed by atoms with Crippen LogP contribution in [0.3, 0.4) is 0 Å². The summed E-state index contributed by atoms with van der Waals surface area (Å²) in [6.07, 6.45) is 1.23. The van der Waals surface area contributed by atoms with Crippen molar-refractivity contribution in [1.29, 1.82) is 0 Å². The summed E-state index contributed by atoms with van der Waals surface area (Å²) in [6.45, 7) is 2.37. The summed E-state index contributed by atoms with van der Waals surface area (Å²) in [7, 11) is 1.62. The lowest BCUT2D eigenvalue weighted by molar-refractivity contribution is -0.383. The van der Waals surface area contributed by atoms with Gasteiger partial charge in [0.1, 0.15) is 12.1 Å². The van der Waals surface area contributed by atoms with E-state index in [-0.39, 0.29) is 17.3 Å². The molecule has 1 aliphatic rings. The van der Waals surface area contributed by atoms with Crippen LogP contribution < -0.4 is 25.4 Å². The van der Waals surface area contributed by atoms with Crippen molar-refractivity contribution >= 4 is 40.5 Å². The maximum Gasteiger partial charge on any atom is 0.355 e. The third kappa shape index (κ3) is 5.09. The van der Waals surface area contributed by atoms with E-state index in [9.17, 15) is 14.9 Å². The molecule has 0 atom stereocenters. The number of rotatable bonds is 7. The van der Waals surface area contributed by atoms with Gasteiger partial charge < -0.3 is 14.5 Å². The Balaban J connectivity index is 1.46. The average molecular weight is 484 g/mol. The lowest BCUT2D eigenvalue weighted by atomic mass is 10.2. The Hall–Kier alpha value is -4.12. The monoisotopic (exact) mass is 483 g/mol. The van der Waals surface area contributed by atoms with Crippen molar-refractivity contribution in [3.8, 4) is 5.75 Å². The van der Waals surface area contributed by atoms with E-state index >= 15 is 0 Å². The molecule has 1 aromatic heterocycles. The molecule has 1 saturated heterocycles. The van der Waals surface area contributed by atoms with E-state index in [0.29, 0.717) is 36.8 Å². The highest BCUT2D eigenvalue weighted by molar-refractivity contribution is 6.30. The number of piperazine rings is 1. The van der Waals surface area contributed by atoms with Gasteiger partial charge in [0.15, 0.2) is 0 Å². The normalized spacial score (nSPS) is 13.4. The first-order valence-electron chi connectivity index (χ1n) is 10.4. The van der Waals surface area contributed by atoms with Crippen LogP contribution in [0.25, 0.3) is 0 Å². The van der Waals surface area contributed by atoms with E-state index in [1.54, 1.807) is 31.4 Å². The number of hydrogen-bond acceptors (Lipinski definition) is 9. The predicted octanol–water partition coefficient (Wildman–Crippen LogP) is 3.13. The van der Waals surface area contributed by atoms with E-state index in [1.807, 2.05) is 29.2 Å². The van der Waals surface area contributed by atoms with Crippen molar-refractivity contribution in [2.45, 2.75) is 0 Å². The minimum atomic E-state index is -0.554. The summed E-state index contributed by atoms with van der Waals surface area (Å²) < 4.78 is 5.20. The first-order valence-corrected chi connectivity index (χ1v) is 10.8. The van der Waals surface area contributed by atoms with Crippen molar-refractivity contribution in [1.82, 2.24) is 15.4 Å². The summed E-state index contributed by atoms with van der Waals surface area (Å²) in [5, 5.41) is 12.4. The first kappa shape index (κ1) is 23.1. The highest BCUT2D eigenvalue weighted by Crippen LogP contribution is 2.32. The molecule has 4 rings (SSSR count). The number of anilines is 3. The fraction of sp³-hybridized carbons (Fsp3) is 0.227. The minimum absolute atomic E-state index is 0.102. The predicted molar refractivity (Wildman–Crippen MR) is 129 cm³/mol. The Labute approximate surface area is 200 Å². The number of nitrogens with zero attached hydrogens (tertiary/aromatic N) is 5. The molecule has 0 bridgehead atoms. The number of aromatic nitrogens is 2. The van der Waals surface area contributed by atoms with Gasteiger partial charge in [-0.2, -0.15) is 0 Å². The molecule has 2 heterocycles. The zero-order valence-electron chi connectivity index (χ0n) is 18.3. The van der Waals surface area contributed by atoms with E-state index in [4.69, 9.17) is 16.3 Å². The molecule has 0 aliphatic carbocycles. The molecule has 2 aromatic carbocycles. The number of methoxy groups -OCH3 is 1. The number of hydrazine groups is 1. The Morgan fingerprint density at radius 2 is 1.68 bits per heavy atom. The zero-order chi connectivity index (χ0) is 24.1. The molecule has 0 spiro atoms. The molecule has 1 fully saturated rings. The van der Waals surface area contributed by atoms with Crippen molar-refractivity contribution < 1.29 is 14.5 Å². The van der Waals surface area contributed by atoms with Crippen molar-refractivity contribution in [2.24, 2.45) is 0 Å². The molecule has 1 amide bonds. The molecule has 0 unspecified atom stereocenters. The summed E-state index contributed by atoms with van der Waals surface area (Å²) in [5.74, 6) is 0.383. The number of carbonyl (C=O) groups excluding carboxylic acids is 1. The van der Waals surface area contributed by atoms with Gasteiger partial charge in [0, 0.05) is 42.5 Å². The van der Waals surface area contributed by atoms with Crippen LogP contribution in [0.1, 0.15) is 10.4 Å². The molecular weight excluding hydrogens is 462 g/mol.